The van der Waals surface area contributed by atoms with Gasteiger partial charge in [-0.05, 0) is 264 Å². The Morgan fingerprint density at radius 3 is 1.06 bits per heavy atom. The molecule has 8 aliphatic rings. The van der Waals surface area contributed by atoms with E-state index < -0.39 is 81.3 Å². The largest absolute Gasteiger partial charge is 0.396 e. The molecule has 4 saturated carbocycles. The van der Waals surface area contributed by atoms with Crippen LogP contribution in [0.25, 0.3) is 0 Å². The van der Waals surface area contributed by atoms with Crippen LogP contribution >= 0.6 is 80.1 Å². The highest BCUT2D eigenvalue weighted by atomic mass is 35.5. The predicted octanol–water partition coefficient (Wildman–Crippen LogP) is 19.1. The van der Waals surface area contributed by atoms with E-state index in [1.165, 1.54) is 103 Å². The lowest BCUT2D eigenvalue weighted by Crippen LogP contribution is -2.22. The molecule has 4 fully saturated rings. The van der Waals surface area contributed by atoms with Crippen LogP contribution in [0.3, 0.4) is 0 Å². The monoisotopic (exact) mass is 2130 g/mol. The number of nitrogens with zero attached hydrogens (tertiary/aromatic N) is 8. The molecule has 0 radical (unpaired) electrons. The van der Waals surface area contributed by atoms with Crippen molar-refractivity contribution in [2.24, 2.45) is 58.2 Å². The number of aromatic nitrogens is 8. The van der Waals surface area contributed by atoms with Crippen LogP contribution in [-0.2, 0) is 59.1 Å². The van der Waals surface area contributed by atoms with Crippen LogP contribution in [-0.4, -0.2) is 164 Å². The van der Waals surface area contributed by atoms with Gasteiger partial charge in [-0.1, -0.05) is 62.5 Å². The van der Waals surface area contributed by atoms with Gasteiger partial charge in [0.25, 0.3) is 0 Å². The third kappa shape index (κ3) is 24.8. The van der Waals surface area contributed by atoms with Crippen molar-refractivity contribution in [1.82, 2.24) is 39.9 Å². The van der Waals surface area contributed by atoms with Crippen molar-refractivity contribution in [2.75, 3.05) is 68.8 Å². The minimum absolute atomic E-state index is 0. The van der Waals surface area contributed by atoms with Crippen LogP contribution in [0, 0.1) is 93.9 Å². The summed E-state index contributed by atoms with van der Waals surface area (Å²) in [5.74, 6) is -4.77. The zero-order valence-corrected chi connectivity index (χ0v) is 83.7. The first-order valence-electron chi connectivity index (χ1n) is 46.3. The second kappa shape index (κ2) is 46.8. The SMILES string of the molecule is C[C@H]1C[C@H](N)C[C@@H]1CO.C[C@H]1C[C@H](Nc2ncncc2C(=O)c2cc(C3OCCc4cc(F)c(F)cc43)c(Cl)s2)C[C@@H]1CO.C[C@H]1C[C@H](Nc2ncncc2C(=O)c2cc(C3OCCc4cc(F)c(F)cc43)cs2)C[C@@H]1CO.C[C@H]1C[C@H](Nc2ncncc2C(=O)c2cc(C3OCCc4cc(F)c(F)cc43)cs2)C[C@@H]1COS(N)(=O)=O.O=C(c1cc(C2OCCc3cc(F)c(F)cc32)c(Cl)s1)c1cncnc1Cl.[HH]. The molecule has 12 aromatic rings. The van der Waals surface area contributed by atoms with E-state index in [1.54, 1.807) is 29.6 Å². The van der Waals surface area contributed by atoms with Gasteiger partial charge >= 0.3 is 10.3 Å². The lowest BCUT2D eigenvalue weighted by molar-refractivity contribution is 0.0694. The number of rotatable bonds is 24. The van der Waals surface area contributed by atoms with Crippen molar-refractivity contribution >= 4 is 131 Å². The fourth-order valence-corrected chi connectivity index (χ4v) is 24.6. The highest BCUT2D eigenvalue weighted by molar-refractivity contribution is 7.84. The Bertz CT molecular complexity index is 6810. The number of nitrogens with one attached hydrogen (secondary N) is 3. The summed E-state index contributed by atoms with van der Waals surface area (Å²) in [6.07, 6.45) is 17.3. The average Bonchev–Trinajstić information content (AvgIpc) is 1.57. The molecule has 27 nitrogen and oxygen atoms in total. The van der Waals surface area contributed by atoms with E-state index >= 15 is 0 Å². The number of ether oxygens (including phenoxy) is 4. The van der Waals surface area contributed by atoms with E-state index in [1.807, 2.05) is 12.3 Å². The number of hydrogen-bond donors (Lipinski definition) is 8. The number of benzene rings is 4. The molecule has 0 amide bonds. The summed E-state index contributed by atoms with van der Waals surface area (Å²) >= 11 is 23.5. The Kier molecular flexibility index (Phi) is 34.6. The molecule has 0 spiro atoms. The maximum absolute atomic E-state index is 14.0. The standard InChI is InChI=1S/C25H24ClF2N3O3S.C25H26F2N4O5S2.C25H25F2N3O3S.C18H10Cl2F2N2O2S.C7H15NO.H2/c1-12-4-15(5-14(12)10-32)31-25-18(9-29-11-30-25)22(33)21-8-17(24(26)35-21)23-16-7-20(28)19(27)6-13(16)2-3-34-23;1-13-4-17(5-15(13)10-36-38(28,33)34)31-25-19(9-29-12-30-25)23(32)22-7-16(11-37-22)24-18-8-21(27)20(26)6-14(18)2-3-35-24;1-13-4-17(5-15(13)10-31)30-25-19(9-28-12-29-25)23(32)22-7-16(11-34-22)24-18-8-21(27)20(26)6-14(18)2-3-33-24;19-17-11(6-23-7-24-17)15(25)14-5-10(18(20)27-14)16-9-4-13(22)12(21)3-8(9)1-2-26-16;1-5-2-7(8)3-6(5)4-9;/h6-9,11-12,14-15,23,32H,2-5,10H2,1H3,(H,29,30,31);6-9,11-13,15,17,24H,2-5,10H2,1H3,(H2,28,33,34)(H,29,30,31);6-9,11-13,15,17,24,31H,2-5,10H2,1H3,(H,28,29,30);3-7,16H,1-2H2;5-7,9H,2-4,8H2,1H3;1H/t12-,14+,15-,23?;2*13-,15+,17-,24?;;5-,6+,7-;/m000.0./s1. The zero-order valence-electron chi connectivity index (χ0n) is 77.3. The van der Waals surface area contributed by atoms with Crippen LogP contribution in [0.5, 0.6) is 0 Å². The zero-order chi connectivity index (χ0) is 102. The molecular formula is C100H102Cl3F8N13O14S5. The number of nitrogens with two attached hydrogens (primary N) is 2. The molecule has 10 N–H and O–H groups in total. The van der Waals surface area contributed by atoms with Crippen molar-refractivity contribution < 1.29 is 103 Å². The number of halogens is 11. The Hall–Kier alpha value is -10.1. The van der Waals surface area contributed by atoms with Gasteiger partial charge in [-0.3, -0.25) is 23.4 Å². The average molecular weight is 2130 g/mol. The third-order valence-corrected chi connectivity index (χ3v) is 32.8. The van der Waals surface area contributed by atoms with Gasteiger partial charge in [0.2, 0.25) is 23.1 Å². The van der Waals surface area contributed by atoms with Gasteiger partial charge < -0.3 is 56.0 Å². The number of carbonyl (C=O) groups excluding carboxylic acids is 4. The predicted molar refractivity (Wildman–Crippen MR) is 526 cm³/mol. The highest BCUT2D eigenvalue weighted by Gasteiger charge is 2.40. The van der Waals surface area contributed by atoms with E-state index in [9.17, 15) is 72.9 Å². The summed E-state index contributed by atoms with van der Waals surface area (Å²) in [7, 11) is -4.02. The van der Waals surface area contributed by atoms with Gasteiger partial charge in [-0.15, -0.1) is 45.3 Å². The summed E-state index contributed by atoms with van der Waals surface area (Å²) in [4.78, 5) is 87.2. The number of fused-ring (bicyclic) bond motifs is 4. The van der Waals surface area contributed by atoms with Crippen LogP contribution in [0.15, 0.2) is 134 Å². The first-order valence-corrected chi connectivity index (χ1v) is 52.3. The van der Waals surface area contributed by atoms with Crippen LogP contribution < -0.4 is 26.8 Å². The fraction of sp³-hybridized carbons (Fsp3) is 0.400. The van der Waals surface area contributed by atoms with E-state index in [0.717, 1.165) is 91.4 Å². The number of anilines is 3. The van der Waals surface area contributed by atoms with Crippen molar-refractivity contribution in [3.8, 4) is 0 Å². The molecule has 4 unspecified atom stereocenters. The molecule has 4 aliphatic heterocycles. The number of ketones is 4. The Morgan fingerprint density at radius 1 is 0.413 bits per heavy atom. The number of hydrogen-bond acceptors (Lipinski definition) is 30. The van der Waals surface area contributed by atoms with Crippen molar-refractivity contribution in [3.05, 3.63) is 303 Å². The number of aliphatic hydroxyl groups is 3. The molecule has 143 heavy (non-hydrogen) atoms. The topological polar surface area (TPSA) is 401 Å². The van der Waals surface area contributed by atoms with Crippen LogP contribution in [0.4, 0.5) is 52.6 Å². The minimum atomic E-state index is -4.02. The molecule has 4 aliphatic carbocycles. The molecule has 8 aromatic heterocycles. The number of thiophene rings is 4. The van der Waals surface area contributed by atoms with Crippen LogP contribution in [0.2, 0.25) is 13.8 Å². The molecule has 758 valence electrons. The van der Waals surface area contributed by atoms with Gasteiger partial charge in [0.05, 0.1) is 83.5 Å². The first kappa shape index (κ1) is 106. The van der Waals surface area contributed by atoms with E-state index in [4.69, 9.17) is 73.9 Å². The second-order valence-electron chi connectivity index (χ2n) is 36.9. The normalized spacial score (nSPS) is 23.6. The van der Waals surface area contributed by atoms with Crippen LogP contribution in [0.1, 0.15) is 233 Å². The molecule has 16 atom stereocenters. The van der Waals surface area contributed by atoms with Crippen molar-refractivity contribution in [2.45, 2.75) is 153 Å². The van der Waals surface area contributed by atoms with Gasteiger partial charge in [0, 0.05) is 81.3 Å². The number of aliphatic hydroxyl groups excluding tert-OH is 3. The summed E-state index contributed by atoms with van der Waals surface area (Å²) in [6, 6.07) is 16.6. The number of carbonyl (C=O) groups is 4. The van der Waals surface area contributed by atoms with Gasteiger partial charge in [0.1, 0.15) is 72.3 Å². The Morgan fingerprint density at radius 2 is 0.720 bits per heavy atom. The van der Waals surface area contributed by atoms with E-state index in [-0.39, 0.29) is 102 Å². The molecule has 0 bridgehead atoms. The summed E-state index contributed by atoms with van der Waals surface area (Å²) in [6.45, 7) is 10.4. The van der Waals surface area contributed by atoms with E-state index in [0.29, 0.717) is 213 Å². The highest BCUT2D eigenvalue weighted by Crippen LogP contribution is 2.48. The summed E-state index contributed by atoms with van der Waals surface area (Å²) in [5.41, 5.74) is 14.1. The first-order chi connectivity index (χ1) is 68.6. The fourth-order valence-electron chi connectivity index (χ4n) is 19.7. The minimum Gasteiger partial charge on any atom is -0.396 e. The molecule has 12 heterocycles. The molecule has 43 heteroatoms. The summed E-state index contributed by atoms with van der Waals surface area (Å²) < 4.78 is 161. The van der Waals surface area contributed by atoms with Gasteiger partial charge in [0.15, 0.2) is 46.5 Å². The molecule has 0 saturated heterocycles. The third-order valence-electron chi connectivity index (χ3n) is 27.4. The quantitative estimate of drug-likeness (QED) is 0.0158. The Labute approximate surface area is 850 Å². The smallest absolute Gasteiger partial charge is 0.333 e. The van der Waals surface area contributed by atoms with Gasteiger partial charge in [-0.2, -0.15) is 8.42 Å². The molecule has 20 rings (SSSR count). The van der Waals surface area contributed by atoms with Crippen molar-refractivity contribution in [3.63, 3.8) is 0 Å². The maximum atomic E-state index is 14.0. The molecular weight excluding hydrogens is 2030 g/mol. The maximum Gasteiger partial charge on any atom is 0.333 e. The Balaban J connectivity index is 0.000000140. The van der Waals surface area contributed by atoms with Crippen molar-refractivity contribution in [1.29, 1.82) is 0 Å². The summed E-state index contributed by atoms with van der Waals surface area (Å²) in [5, 5.41) is 46.5. The van der Waals surface area contributed by atoms with Gasteiger partial charge in [-0.25, -0.2) is 80.1 Å². The molecule has 4 aromatic carbocycles. The lowest BCUT2D eigenvalue weighted by Gasteiger charge is -2.26. The lowest BCUT2D eigenvalue weighted by atomic mass is 9.93. The van der Waals surface area contributed by atoms with E-state index in [2.05, 4.69) is 76.6 Å². The second-order valence-corrected chi connectivity index (χ2v) is 43.6.